The van der Waals surface area contributed by atoms with Crippen molar-refractivity contribution in [1.82, 2.24) is 0 Å². The fourth-order valence-electron chi connectivity index (χ4n) is 2.30. The fourth-order valence-corrected chi connectivity index (χ4v) is 2.30. The molecule has 1 aromatic carbocycles. The molecule has 0 saturated heterocycles. The first-order valence-electron chi connectivity index (χ1n) is 6.32. The molecule has 98 valence electrons. The monoisotopic (exact) mass is 263 g/mol. The Labute approximate surface area is 116 Å². The molecule has 0 heterocycles. The summed E-state index contributed by atoms with van der Waals surface area (Å²) >= 11 is 0. The smallest absolute Gasteiger partial charge is 0.201 e. The van der Waals surface area contributed by atoms with E-state index in [0.29, 0.717) is 22.4 Å². The van der Waals surface area contributed by atoms with E-state index in [2.05, 4.69) is 0 Å². The Bertz CT molecular complexity index is 726. The minimum absolute atomic E-state index is 0.0385. The topological polar surface area (TPSA) is 61.1 Å². The molecule has 0 saturated carbocycles. The van der Waals surface area contributed by atoms with E-state index >= 15 is 0 Å². The zero-order valence-electron chi connectivity index (χ0n) is 11.0. The van der Waals surface area contributed by atoms with Gasteiger partial charge in [0.25, 0.3) is 0 Å². The quantitative estimate of drug-likeness (QED) is 0.764. The average Bonchev–Trinajstić information content (AvgIpc) is 2.44. The fraction of sp³-hybridized carbons (Fsp3) is 0.0588. The zero-order valence-corrected chi connectivity index (χ0v) is 11.0. The summed E-state index contributed by atoms with van der Waals surface area (Å²) in [7, 11) is 0. The summed E-state index contributed by atoms with van der Waals surface area (Å²) in [5, 5.41) is 17.6. The maximum atomic E-state index is 12.2. The molecule has 3 rings (SSSR count). The molecule has 20 heavy (non-hydrogen) atoms. The Balaban J connectivity index is 2.05. The number of benzene rings is 1. The minimum atomic E-state index is -0.149. The van der Waals surface area contributed by atoms with Crippen molar-refractivity contribution < 1.29 is 9.90 Å². The molecule has 1 aromatic rings. The normalized spacial score (nSPS) is 17.9. The van der Waals surface area contributed by atoms with Gasteiger partial charge in [-0.2, -0.15) is 0 Å². The van der Waals surface area contributed by atoms with E-state index in [1.807, 2.05) is 31.2 Å². The van der Waals surface area contributed by atoms with Crippen LogP contribution in [0, 0.1) is 12.3 Å². The maximum absolute atomic E-state index is 12.2. The number of carbonyl (C=O) groups is 1. The summed E-state index contributed by atoms with van der Waals surface area (Å²) in [4.78, 5) is 12.2. The number of aliphatic hydroxyl groups excluding tert-OH is 1. The van der Waals surface area contributed by atoms with Crippen LogP contribution in [0.1, 0.15) is 11.1 Å². The van der Waals surface area contributed by atoms with Crippen molar-refractivity contribution in [3.05, 3.63) is 76.6 Å². The number of carbonyl (C=O) groups excluding carboxylic acids is 1. The maximum Gasteiger partial charge on any atom is 0.201 e. The second kappa shape index (κ2) is 4.46. The third kappa shape index (κ3) is 1.84. The van der Waals surface area contributed by atoms with E-state index in [9.17, 15) is 9.90 Å². The lowest BCUT2D eigenvalue weighted by Gasteiger charge is -2.23. The molecule has 2 aliphatic rings. The molecule has 0 aliphatic heterocycles. The van der Waals surface area contributed by atoms with E-state index < -0.39 is 0 Å². The highest BCUT2D eigenvalue weighted by molar-refractivity contribution is 6.39. The summed E-state index contributed by atoms with van der Waals surface area (Å²) in [6.45, 7) is 1.97. The molecule has 0 aromatic heterocycles. The van der Waals surface area contributed by atoms with Crippen LogP contribution in [0.4, 0.5) is 0 Å². The molecule has 3 heteroatoms. The Hall–Kier alpha value is -2.68. The summed E-state index contributed by atoms with van der Waals surface area (Å²) in [6, 6.07) is 7.50. The van der Waals surface area contributed by atoms with Crippen molar-refractivity contribution in [2.45, 2.75) is 6.92 Å². The van der Waals surface area contributed by atoms with Crippen LogP contribution in [0.3, 0.4) is 0 Å². The molecule has 0 spiro atoms. The van der Waals surface area contributed by atoms with Gasteiger partial charge in [0.05, 0.1) is 16.9 Å². The van der Waals surface area contributed by atoms with Gasteiger partial charge < -0.3 is 10.5 Å². The van der Waals surface area contributed by atoms with Gasteiger partial charge in [0, 0.05) is 0 Å². The molecule has 3 nitrogen and oxygen atoms in total. The van der Waals surface area contributed by atoms with Gasteiger partial charge in [0.2, 0.25) is 5.78 Å². The lowest BCUT2D eigenvalue weighted by Crippen LogP contribution is -2.22. The molecule has 0 fully saturated rings. The highest BCUT2D eigenvalue weighted by Gasteiger charge is 2.36. The van der Waals surface area contributed by atoms with Gasteiger partial charge in [-0.3, -0.25) is 4.79 Å². The van der Waals surface area contributed by atoms with E-state index in [4.69, 9.17) is 5.41 Å². The minimum Gasteiger partial charge on any atom is -0.506 e. The van der Waals surface area contributed by atoms with Crippen molar-refractivity contribution in [2.24, 2.45) is 0 Å². The number of nitrogens with one attached hydrogen (secondary N) is 1. The van der Waals surface area contributed by atoms with Gasteiger partial charge in [0.1, 0.15) is 5.76 Å². The molecule has 2 aliphatic carbocycles. The lowest BCUT2D eigenvalue weighted by molar-refractivity contribution is -0.111. The van der Waals surface area contributed by atoms with Gasteiger partial charge in [-0.05, 0) is 30.2 Å². The third-order valence-corrected chi connectivity index (χ3v) is 3.44. The van der Waals surface area contributed by atoms with E-state index in [1.54, 1.807) is 24.3 Å². The van der Waals surface area contributed by atoms with Crippen LogP contribution in [0.25, 0.3) is 5.57 Å². The molecular weight excluding hydrogens is 250 g/mol. The third-order valence-electron chi connectivity index (χ3n) is 3.44. The van der Waals surface area contributed by atoms with Gasteiger partial charge >= 0.3 is 0 Å². The van der Waals surface area contributed by atoms with Crippen molar-refractivity contribution in [3.63, 3.8) is 0 Å². The lowest BCUT2D eigenvalue weighted by atomic mass is 9.80. The van der Waals surface area contributed by atoms with E-state index in [1.165, 1.54) is 0 Å². The Morgan fingerprint density at radius 1 is 0.950 bits per heavy atom. The van der Waals surface area contributed by atoms with E-state index in [0.717, 1.165) is 11.1 Å². The number of aliphatic hydroxyl groups is 1. The summed E-state index contributed by atoms with van der Waals surface area (Å²) in [6.07, 6.45) is 6.56. The van der Waals surface area contributed by atoms with Crippen molar-refractivity contribution in [1.29, 1.82) is 5.41 Å². The second-order valence-electron chi connectivity index (χ2n) is 4.87. The molecule has 0 bridgehead atoms. The molecular formula is C17H13NO2. The standard InChI is InChI=1S/C17H13NO2/c1-10-2-4-11(5-3-10)14-16(19)15(17(14)20)12-6-8-13(18)9-7-12/h2-9,18-19H,1H3. The summed E-state index contributed by atoms with van der Waals surface area (Å²) in [5.74, 6) is -0.110. The Kier molecular flexibility index (Phi) is 2.75. The Morgan fingerprint density at radius 3 is 2.10 bits per heavy atom. The molecule has 0 radical (unpaired) electrons. The number of hydrogen-bond donors (Lipinski definition) is 2. The van der Waals surface area contributed by atoms with Crippen LogP contribution < -0.4 is 0 Å². The summed E-state index contributed by atoms with van der Waals surface area (Å²) in [5.41, 5.74) is 3.58. The van der Waals surface area contributed by atoms with Crippen molar-refractivity contribution in [3.8, 4) is 0 Å². The predicted octanol–water partition coefficient (Wildman–Crippen LogP) is 3.29. The molecule has 0 atom stereocenters. The second-order valence-corrected chi connectivity index (χ2v) is 4.87. The molecule has 0 unspecified atom stereocenters. The molecule has 2 N–H and O–H groups in total. The van der Waals surface area contributed by atoms with Crippen molar-refractivity contribution in [2.75, 3.05) is 0 Å². The van der Waals surface area contributed by atoms with Crippen LogP contribution in [0.15, 0.2) is 65.5 Å². The van der Waals surface area contributed by atoms with Crippen LogP contribution in [0.5, 0.6) is 0 Å². The van der Waals surface area contributed by atoms with Crippen LogP contribution >= 0.6 is 0 Å². The number of rotatable bonds is 1. The highest BCUT2D eigenvalue weighted by atomic mass is 16.3. The van der Waals surface area contributed by atoms with Crippen molar-refractivity contribution >= 4 is 17.1 Å². The zero-order chi connectivity index (χ0) is 14.3. The number of ketones is 1. The first-order chi connectivity index (χ1) is 9.58. The van der Waals surface area contributed by atoms with Gasteiger partial charge in [-0.15, -0.1) is 0 Å². The first-order valence-corrected chi connectivity index (χ1v) is 6.32. The SMILES string of the molecule is Cc1ccc(C2=C(O)C(=C3C=CC(=N)C=C3)C2=O)cc1. The first kappa shape index (κ1) is 12.4. The number of Topliss-reactive ketones (excluding diaryl/α,β-unsaturated/α-hetero) is 1. The summed E-state index contributed by atoms with van der Waals surface area (Å²) < 4.78 is 0. The predicted molar refractivity (Wildman–Crippen MR) is 78.8 cm³/mol. The van der Waals surface area contributed by atoms with Crippen LogP contribution in [0.2, 0.25) is 0 Å². The largest absolute Gasteiger partial charge is 0.506 e. The van der Waals surface area contributed by atoms with E-state index in [-0.39, 0.29) is 11.5 Å². The number of hydrogen-bond acceptors (Lipinski definition) is 3. The highest BCUT2D eigenvalue weighted by Crippen LogP contribution is 2.38. The van der Waals surface area contributed by atoms with Gasteiger partial charge in [-0.25, -0.2) is 0 Å². The number of aryl methyl sites for hydroxylation is 1. The average molecular weight is 263 g/mol. The van der Waals surface area contributed by atoms with Crippen LogP contribution in [-0.2, 0) is 4.79 Å². The van der Waals surface area contributed by atoms with Crippen LogP contribution in [-0.4, -0.2) is 16.6 Å². The van der Waals surface area contributed by atoms with Gasteiger partial charge in [-0.1, -0.05) is 42.0 Å². The number of allylic oxidation sites excluding steroid dienone is 7. The Morgan fingerprint density at radius 2 is 1.55 bits per heavy atom. The molecule has 0 amide bonds. The van der Waals surface area contributed by atoms with Gasteiger partial charge in [0.15, 0.2) is 0 Å².